The number of rotatable bonds is 2. The lowest BCUT2D eigenvalue weighted by molar-refractivity contribution is -0.407. The summed E-state index contributed by atoms with van der Waals surface area (Å²) in [4.78, 5) is 41.9. The van der Waals surface area contributed by atoms with E-state index in [2.05, 4.69) is 10.3 Å². The van der Waals surface area contributed by atoms with Crippen molar-refractivity contribution in [3.8, 4) is 0 Å². The van der Waals surface area contributed by atoms with Gasteiger partial charge in [0.2, 0.25) is 0 Å². The average molecular weight is 317 g/mol. The Morgan fingerprint density at radius 1 is 1.39 bits per heavy atom. The topological polar surface area (TPSA) is 81.8 Å². The molecule has 0 aromatic rings. The van der Waals surface area contributed by atoms with Gasteiger partial charge in [0.05, 0.1) is 19.7 Å². The molecule has 2 aliphatic heterocycles. The Kier molecular flexibility index (Phi) is 3.66. The van der Waals surface area contributed by atoms with Crippen molar-refractivity contribution in [2.45, 2.75) is 38.1 Å². The first-order chi connectivity index (χ1) is 10.8. The maximum atomic E-state index is 12.5. The number of aliphatic imine (C=N–C) groups is 1. The number of dihydropyridines is 1. The number of carbonyl (C=O) groups is 3. The molecule has 1 fully saturated rings. The second-order valence-electron chi connectivity index (χ2n) is 6.68. The number of imide groups is 1. The average Bonchev–Trinajstić information content (AvgIpc) is 2.96. The number of carbonyl (C=O) groups excluding carboxylic acids is 3. The van der Waals surface area contributed by atoms with E-state index in [9.17, 15) is 14.4 Å². The minimum absolute atomic E-state index is 0.185. The Labute approximate surface area is 134 Å². The highest BCUT2D eigenvalue weighted by Crippen LogP contribution is 2.29. The van der Waals surface area contributed by atoms with Crippen LogP contribution in [0.15, 0.2) is 16.6 Å². The zero-order valence-electron chi connectivity index (χ0n) is 13.6. The molecule has 0 radical (unpaired) electrons. The fraction of sp³-hybridized carbons (Fsp3) is 0.562. The summed E-state index contributed by atoms with van der Waals surface area (Å²) in [6, 6.07) is -0.418. The standard InChI is InChI=1S/C16H20N4O3/c1-16(6-4-5-7-16)18-13(21)10-8-11-12(17-9-10)19(2)15(23)20(3)14(11)22/h8-9,11H,4-7H2,1-3H3/p+1. The first-order valence-electron chi connectivity index (χ1n) is 7.83. The molecule has 0 aromatic carbocycles. The van der Waals surface area contributed by atoms with Gasteiger partial charge in [0.15, 0.2) is 5.92 Å². The minimum atomic E-state index is -0.690. The molecule has 122 valence electrons. The lowest BCUT2D eigenvalue weighted by Crippen LogP contribution is -2.52. The third-order valence-electron chi connectivity index (χ3n) is 4.86. The van der Waals surface area contributed by atoms with Crippen molar-refractivity contribution in [1.82, 2.24) is 10.2 Å². The van der Waals surface area contributed by atoms with Crippen LogP contribution < -0.4 is 5.32 Å². The van der Waals surface area contributed by atoms with E-state index in [1.54, 1.807) is 13.1 Å². The number of nitrogens with one attached hydrogen (secondary N) is 1. The molecule has 1 saturated carbocycles. The molecular formula is C16H21N4O3+. The third kappa shape index (κ3) is 2.60. The number of fused-ring (bicyclic) bond motifs is 1. The van der Waals surface area contributed by atoms with E-state index < -0.39 is 11.9 Å². The van der Waals surface area contributed by atoms with Gasteiger partial charge in [0, 0.05) is 5.54 Å². The van der Waals surface area contributed by atoms with Crippen molar-refractivity contribution in [3.05, 3.63) is 11.6 Å². The molecule has 1 unspecified atom stereocenters. The van der Waals surface area contributed by atoms with Crippen LogP contribution in [0.4, 0.5) is 4.79 Å². The molecule has 3 rings (SSSR count). The van der Waals surface area contributed by atoms with Crippen molar-refractivity contribution < 1.29 is 19.0 Å². The van der Waals surface area contributed by atoms with Gasteiger partial charge in [-0.25, -0.2) is 4.79 Å². The highest BCUT2D eigenvalue weighted by molar-refractivity contribution is 6.21. The summed E-state index contributed by atoms with van der Waals surface area (Å²) in [7, 11) is 3.01. The molecule has 7 nitrogen and oxygen atoms in total. The highest BCUT2D eigenvalue weighted by atomic mass is 16.2. The number of urea groups is 1. The first kappa shape index (κ1) is 15.6. The van der Waals surface area contributed by atoms with E-state index in [4.69, 9.17) is 0 Å². The number of hydrogen-bond donors (Lipinski definition) is 1. The number of amidine groups is 1. The second kappa shape index (κ2) is 5.40. The Morgan fingerprint density at radius 2 is 2.04 bits per heavy atom. The summed E-state index contributed by atoms with van der Waals surface area (Å²) in [5, 5.41) is 3.05. The zero-order valence-corrected chi connectivity index (χ0v) is 13.6. The molecular weight excluding hydrogens is 296 g/mol. The van der Waals surface area contributed by atoms with Gasteiger partial charge in [0.25, 0.3) is 11.7 Å². The third-order valence-corrected chi connectivity index (χ3v) is 4.86. The first-order valence-corrected chi connectivity index (χ1v) is 7.83. The molecule has 2 heterocycles. The Bertz CT molecular complexity index is 683. The van der Waals surface area contributed by atoms with Crippen LogP contribution in [-0.4, -0.2) is 59.0 Å². The molecule has 0 bridgehead atoms. The fourth-order valence-corrected chi connectivity index (χ4v) is 3.38. The molecule has 0 spiro atoms. The number of hydrogen-bond acceptors (Lipinski definition) is 4. The van der Waals surface area contributed by atoms with E-state index in [0.717, 1.165) is 30.6 Å². The van der Waals surface area contributed by atoms with Gasteiger partial charge < -0.3 is 5.32 Å². The van der Waals surface area contributed by atoms with Crippen LogP contribution in [0.1, 0.15) is 32.6 Å². The van der Waals surface area contributed by atoms with Crippen LogP contribution in [0, 0.1) is 5.92 Å². The van der Waals surface area contributed by atoms with Crippen LogP contribution in [0.2, 0.25) is 0 Å². The van der Waals surface area contributed by atoms with Crippen molar-refractivity contribution >= 4 is 29.9 Å². The molecule has 4 amide bonds. The predicted octanol–water partition coefficient (Wildman–Crippen LogP) is 0.695. The maximum absolute atomic E-state index is 12.5. The van der Waals surface area contributed by atoms with Crippen LogP contribution in [-0.2, 0) is 9.59 Å². The molecule has 1 N–H and O–H groups in total. The smallest absolute Gasteiger partial charge is 0.347 e. The van der Waals surface area contributed by atoms with Gasteiger partial charge in [-0.05, 0) is 25.8 Å². The maximum Gasteiger partial charge on any atom is 0.445 e. The van der Waals surface area contributed by atoms with E-state index in [-0.39, 0.29) is 17.4 Å². The fourth-order valence-electron chi connectivity index (χ4n) is 3.38. The molecule has 0 saturated heterocycles. The van der Waals surface area contributed by atoms with Gasteiger partial charge >= 0.3 is 11.9 Å². The monoisotopic (exact) mass is 317 g/mol. The second-order valence-corrected chi connectivity index (χ2v) is 6.68. The van der Waals surface area contributed by atoms with Crippen molar-refractivity contribution in [3.63, 3.8) is 0 Å². The quantitative estimate of drug-likeness (QED) is 0.761. The minimum Gasteiger partial charge on any atom is -0.347 e. The summed E-state index contributed by atoms with van der Waals surface area (Å²) in [5.74, 6) is -0.906. The zero-order chi connectivity index (χ0) is 16.8. The lowest BCUT2D eigenvalue weighted by atomic mass is 9.96. The van der Waals surface area contributed by atoms with Gasteiger partial charge in [0.1, 0.15) is 6.21 Å². The number of amides is 4. The highest BCUT2D eigenvalue weighted by Gasteiger charge is 2.45. The Morgan fingerprint density at radius 3 is 2.70 bits per heavy atom. The van der Waals surface area contributed by atoms with E-state index in [1.165, 1.54) is 17.8 Å². The normalized spacial score (nSPS) is 26.3. The van der Waals surface area contributed by atoms with E-state index >= 15 is 0 Å². The summed E-state index contributed by atoms with van der Waals surface area (Å²) >= 11 is 0. The van der Waals surface area contributed by atoms with Gasteiger partial charge in [-0.3, -0.25) is 9.59 Å². The van der Waals surface area contributed by atoms with E-state index in [0.29, 0.717) is 11.4 Å². The van der Waals surface area contributed by atoms with Crippen molar-refractivity contribution in [1.29, 1.82) is 0 Å². The lowest BCUT2D eigenvalue weighted by Gasteiger charge is -2.27. The Hall–Kier alpha value is -2.31. The van der Waals surface area contributed by atoms with E-state index in [1.807, 2.05) is 6.92 Å². The largest absolute Gasteiger partial charge is 0.445 e. The summed E-state index contributed by atoms with van der Waals surface area (Å²) in [5.41, 5.74) is 0.187. The van der Waals surface area contributed by atoms with Crippen LogP contribution in [0.25, 0.3) is 0 Å². The van der Waals surface area contributed by atoms with Crippen LogP contribution in [0.5, 0.6) is 0 Å². The van der Waals surface area contributed by atoms with Crippen LogP contribution >= 0.6 is 0 Å². The summed E-state index contributed by atoms with van der Waals surface area (Å²) < 4.78 is 1.34. The predicted molar refractivity (Wildman–Crippen MR) is 84.4 cm³/mol. The molecule has 1 atom stereocenters. The van der Waals surface area contributed by atoms with Crippen molar-refractivity contribution in [2.75, 3.05) is 14.1 Å². The summed E-state index contributed by atoms with van der Waals surface area (Å²) in [6.07, 6.45) is 7.17. The Balaban J connectivity index is 1.85. The SMILES string of the molecule is CN1C(=O)C2C=C(C(=O)NC3(C)CCCC3)C=NC2=[N+](C)C1=O. The number of nitrogens with zero attached hydrogens (tertiary/aromatic N) is 3. The van der Waals surface area contributed by atoms with Crippen LogP contribution in [0.3, 0.4) is 0 Å². The molecule has 0 aromatic heterocycles. The van der Waals surface area contributed by atoms with Gasteiger partial charge in [-0.15, -0.1) is 4.99 Å². The van der Waals surface area contributed by atoms with Gasteiger partial charge in [-0.1, -0.05) is 12.8 Å². The molecule has 7 heteroatoms. The van der Waals surface area contributed by atoms with Crippen molar-refractivity contribution in [2.24, 2.45) is 10.9 Å². The summed E-state index contributed by atoms with van der Waals surface area (Å²) in [6.45, 7) is 2.04. The van der Waals surface area contributed by atoms with Gasteiger partial charge in [-0.2, -0.15) is 9.48 Å². The molecule has 23 heavy (non-hydrogen) atoms. The molecule has 3 aliphatic rings. The molecule has 1 aliphatic carbocycles.